The Morgan fingerprint density at radius 3 is 2.92 bits per heavy atom. The highest BCUT2D eigenvalue weighted by Gasteiger charge is 2.08. The van der Waals surface area contributed by atoms with E-state index in [2.05, 4.69) is 20.9 Å². The summed E-state index contributed by atoms with van der Waals surface area (Å²) in [6, 6.07) is 1.55. The topological polar surface area (TPSA) is 59.1 Å². The van der Waals surface area contributed by atoms with E-state index in [0.717, 1.165) is 15.7 Å². The molecule has 3 nitrogen and oxygen atoms in total. The van der Waals surface area contributed by atoms with Gasteiger partial charge in [0, 0.05) is 10.7 Å². The first-order valence-corrected chi connectivity index (χ1v) is 4.43. The van der Waals surface area contributed by atoms with Crippen molar-refractivity contribution in [1.82, 2.24) is 4.98 Å². The van der Waals surface area contributed by atoms with Gasteiger partial charge in [-0.15, -0.1) is 0 Å². The predicted octanol–water partition coefficient (Wildman–Crippen LogP) is 1.14. The number of hydrogen-bond donors (Lipinski definition) is 2. The van der Waals surface area contributed by atoms with Gasteiger partial charge in [-0.2, -0.15) is 0 Å². The van der Waals surface area contributed by atoms with Crippen LogP contribution in [-0.4, -0.2) is 16.7 Å². The maximum atomic E-state index is 8.81. The van der Waals surface area contributed by atoms with Gasteiger partial charge in [-0.3, -0.25) is 4.98 Å². The van der Waals surface area contributed by atoms with Gasteiger partial charge in [0.15, 0.2) is 0 Å². The van der Waals surface area contributed by atoms with Crippen LogP contribution >= 0.6 is 15.9 Å². The van der Waals surface area contributed by atoms with Gasteiger partial charge in [0.2, 0.25) is 0 Å². The van der Waals surface area contributed by atoms with E-state index in [0.29, 0.717) is 0 Å². The van der Waals surface area contributed by atoms with Gasteiger partial charge in [0.05, 0.1) is 18.3 Å². The second kappa shape index (κ2) is 3.98. The van der Waals surface area contributed by atoms with Gasteiger partial charge in [0.1, 0.15) is 0 Å². The zero-order valence-corrected chi connectivity index (χ0v) is 8.37. The molecule has 0 aliphatic rings. The largest absolute Gasteiger partial charge is 0.394 e. The third-order valence-electron chi connectivity index (χ3n) is 1.63. The zero-order chi connectivity index (χ0) is 9.14. The first-order chi connectivity index (χ1) is 5.65. The Balaban J connectivity index is 3.01. The lowest BCUT2D eigenvalue weighted by Crippen LogP contribution is -2.17. The molecular weight excluding hydrogens is 220 g/mol. The standard InChI is InChI=1S/C8H11BrN2O/c1-5-2-6(9)3-11-8(5)7(10)4-12/h2-3,7,12H,4,10H2,1H3/t7-/m0/s1. The van der Waals surface area contributed by atoms with Crippen molar-refractivity contribution < 1.29 is 5.11 Å². The van der Waals surface area contributed by atoms with Crippen LogP contribution in [0, 0.1) is 6.92 Å². The minimum atomic E-state index is -0.377. The number of aryl methyl sites for hydroxylation is 1. The molecule has 1 aromatic rings. The Kier molecular flexibility index (Phi) is 3.20. The van der Waals surface area contributed by atoms with E-state index < -0.39 is 0 Å². The first-order valence-electron chi connectivity index (χ1n) is 3.63. The summed E-state index contributed by atoms with van der Waals surface area (Å²) in [6.45, 7) is 1.85. The third-order valence-corrected chi connectivity index (χ3v) is 2.07. The summed E-state index contributed by atoms with van der Waals surface area (Å²) in [5.74, 6) is 0. The van der Waals surface area contributed by atoms with Crippen molar-refractivity contribution in [2.75, 3.05) is 6.61 Å². The summed E-state index contributed by atoms with van der Waals surface area (Å²) in [5.41, 5.74) is 7.36. The molecule has 1 rings (SSSR count). The van der Waals surface area contributed by atoms with Crippen LogP contribution in [0.15, 0.2) is 16.7 Å². The van der Waals surface area contributed by atoms with E-state index in [1.54, 1.807) is 6.20 Å². The second-order valence-corrected chi connectivity index (χ2v) is 3.56. The van der Waals surface area contributed by atoms with E-state index in [1.165, 1.54) is 0 Å². The summed E-state index contributed by atoms with van der Waals surface area (Å²) in [5, 5.41) is 8.81. The van der Waals surface area contributed by atoms with Gasteiger partial charge < -0.3 is 10.8 Å². The molecule has 0 aromatic carbocycles. The van der Waals surface area contributed by atoms with Crippen LogP contribution in [0.25, 0.3) is 0 Å². The summed E-state index contributed by atoms with van der Waals surface area (Å²) in [4.78, 5) is 4.12. The van der Waals surface area contributed by atoms with Gasteiger partial charge in [0.25, 0.3) is 0 Å². The van der Waals surface area contributed by atoms with E-state index in [-0.39, 0.29) is 12.6 Å². The molecule has 1 atom stereocenters. The van der Waals surface area contributed by atoms with Gasteiger partial charge >= 0.3 is 0 Å². The van der Waals surface area contributed by atoms with E-state index in [4.69, 9.17) is 10.8 Å². The molecule has 1 aromatic heterocycles. The molecule has 0 aliphatic carbocycles. The average Bonchev–Trinajstić information content (AvgIpc) is 2.03. The molecule has 12 heavy (non-hydrogen) atoms. The lowest BCUT2D eigenvalue weighted by molar-refractivity contribution is 0.265. The Hall–Kier alpha value is -0.450. The maximum Gasteiger partial charge on any atom is 0.0707 e. The van der Waals surface area contributed by atoms with Crippen molar-refractivity contribution in [2.45, 2.75) is 13.0 Å². The fraction of sp³-hybridized carbons (Fsp3) is 0.375. The van der Waals surface area contributed by atoms with Crippen LogP contribution in [0.2, 0.25) is 0 Å². The Labute approximate surface area is 79.7 Å². The van der Waals surface area contributed by atoms with Crippen LogP contribution in [0.1, 0.15) is 17.3 Å². The molecule has 0 saturated carbocycles. The normalized spacial score (nSPS) is 13.0. The number of nitrogens with two attached hydrogens (primary N) is 1. The van der Waals surface area contributed by atoms with Crippen molar-refractivity contribution in [3.05, 3.63) is 28.0 Å². The first kappa shape index (κ1) is 9.64. The summed E-state index contributed by atoms with van der Waals surface area (Å²) in [7, 11) is 0. The van der Waals surface area contributed by atoms with Crippen molar-refractivity contribution in [1.29, 1.82) is 0 Å². The fourth-order valence-electron chi connectivity index (χ4n) is 1.03. The molecule has 0 amide bonds. The number of rotatable bonds is 2. The molecule has 4 heteroatoms. The number of aliphatic hydroxyl groups is 1. The number of pyridine rings is 1. The summed E-state index contributed by atoms with van der Waals surface area (Å²) >= 11 is 3.30. The number of nitrogens with zero attached hydrogens (tertiary/aromatic N) is 1. The molecule has 0 unspecified atom stereocenters. The van der Waals surface area contributed by atoms with Crippen molar-refractivity contribution in [3.63, 3.8) is 0 Å². The Morgan fingerprint density at radius 1 is 1.75 bits per heavy atom. The molecule has 0 bridgehead atoms. The van der Waals surface area contributed by atoms with Crippen LogP contribution in [0.5, 0.6) is 0 Å². The Morgan fingerprint density at radius 2 is 2.42 bits per heavy atom. The van der Waals surface area contributed by atoms with Gasteiger partial charge in [-0.05, 0) is 34.5 Å². The van der Waals surface area contributed by atoms with Crippen molar-refractivity contribution in [3.8, 4) is 0 Å². The molecular formula is C8H11BrN2O. The lowest BCUT2D eigenvalue weighted by atomic mass is 10.1. The third kappa shape index (κ3) is 2.03. The van der Waals surface area contributed by atoms with Crippen LogP contribution in [0.3, 0.4) is 0 Å². The Bertz CT molecular complexity index is 278. The number of hydrogen-bond acceptors (Lipinski definition) is 3. The minimum absolute atomic E-state index is 0.0739. The molecule has 0 radical (unpaired) electrons. The van der Waals surface area contributed by atoms with E-state index in [9.17, 15) is 0 Å². The maximum absolute atomic E-state index is 8.81. The average molecular weight is 231 g/mol. The molecule has 66 valence electrons. The molecule has 1 heterocycles. The smallest absolute Gasteiger partial charge is 0.0707 e. The highest BCUT2D eigenvalue weighted by Crippen LogP contribution is 2.16. The molecule has 3 N–H and O–H groups in total. The van der Waals surface area contributed by atoms with Gasteiger partial charge in [-0.25, -0.2) is 0 Å². The number of aliphatic hydroxyl groups excluding tert-OH is 1. The fourth-order valence-corrected chi connectivity index (χ4v) is 1.47. The highest BCUT2D eigenvalue weighted by molar-refractivity contribution is 9.10. The summed E-state index contributed by atoms with van der Waals surface area (Å²) in [6.07, 6.45) is 1.68. The van der Waals surface area contributed by atoms with Crippen LogP contribution < -0.4 is 5.73 Å². The zero-order valence-electron chi connectivity index (χ0n) is 6.79. The van der Waals surface area contributed by atoms with Crippen molar-refractivity contribution in [2.24, 2.45) is 5.73 Å². The minimum Gasteiger partial charge on any atom is -0.394 e. The quantitative estimate of drug-likeness (QED) is 0.802. The molecule has 0 fully saturated rings. The predicted molar refractivity (Wildman–Crippen MR) is 50.7 cm³/mol. The number of halogens is 1. The van der Waals surface area contributed by atoms with Gasteiger partial charge in [-0.1, -0.05) is 0 Å². The second-order valence-electron chi connectivity index (χ2n) is 2.64. The summed E-state index contributed by atoms with van der Waals surface area (Å²) < 4.78 is 0.925. The van der Waals surface area contributed by atoms with E-state index >= 15 is 0 Å². The monoisotopic (exact) mass is 230 g/mol. The highest BCUT2D eigenvalue weighted by atomic mass is 79.9. The van der Waals surface area contributed by atoms with Crippen LogP contribution in [-0.2, 0) is 0 Å². The van der Waals surface area contributed by atoms with Crippen LogP contribution in [0.4, 0.5) is 0 Å². The SMILES string of the molecule is Cc1cc(Br)cnc1[C@@H](N)CO. The molecule has 0 saturated heterocycles. The molecule has 0 spiro atoms. The molecule has 0 aliphatic heterocycles. The number of aromatic nitrogens is 1. The van der Waals surface area contributed by atoms with E-state index in [1.807, 2.05) is 13.0 Å². The van der Waals surface area contributed by atoms with Crippen molar-refractivity contribution >= 4 is 15.9 Å². The lowest BCUT2D eigenvalue weighted by Gasteiger charge is -2.10.